The first-order chi connectivity index (χ1) is 7.29. The minimum Gasteiger partial charge on any atom is -0.411 e. The van der Waals surface area contributed by atoms with Crippen LogP contribution >= 0.6 is 0 Å². The Labute approximate surface area is 90.6 Å². The smallest absolute Gasteiger partial charge is 0.0571 e. The van der Waals surface area contributed by atoms with Gasteiger partial charge in [0.15, 0.2) is 0 Å². The Morgan fingerprint density at radius 2 is 2.00 bits per heavy atom. The third-order valence-electron chi connectivity index (χ3n) is 3.22. The first kappa shape index (κ1) is 10.2. The molecule has 1 fully saturated rings. The molecule has 1 aliphatic rings. The number of oxime groups is 1. The molecule has 2 rings (SSSR count). The molecule has 0 aliphatic heterocycles. The van der Waals surface area contributed by atoms with Crippen molar-refractivity contribution in [2.24, 2.45) is 5.16 Å². The first-order valence-corrected chi connectivity index (χ1v) is 5.56. The van der Waals surface area contributed by atoms with E-state index in [9.17, 15) is 0 Å². The Balaban J connectivity index is 2.07. The van der Waals surface area contributed by atoms with Gasteiger partial charge in [0.2, 0.25) is 0 Å². The molecular formula is C13H17NO. The summed E-state index contributed by atoms with van der Waals surface area (Å²) in [6.07, 6.45) is 4.11. The molecule has 1 N–H and O–H groups in total. The highest BCUT2D eigenvalue weighted by molar-refractivity contribution is 5.84. The van der Waals surface area contributed by atoms with Gasteiger partial charge >= 0.3 is 0 Å². The molecule has 0 amide bonds. The topological polar surface area (TPSA) is 32.6 Å². The molecule has 0 unspecified atom stereocenters. The molecule has 0 radical (unpaired) electrons. The van der Waals surface area contributed by atoms with Crippen molar-refractivity contribution in [1.82, 2.24) is 0 Å². The second kappa shape index (κ2) is 4.47. The number of hydrogen-bond donors (Lipinski definition) is 1. The fourth-order valence-electron chi connectivity index (χ4n) is 2.31. The maximum absolute atomic E-state index is 8.68. The van der Waals surface area contributed by atoms with Crippen LogP contribution in [0.15, 0.2) is 29.4 Å². The average Bonchev–Trinajstić information content (AvgIpc) is 2.29. The van der Waals surface area contributed by atoms with Gasteiger partial charge in [-0.15, -0.1) is 0 Å². The molecule has 15 heavy (non-hydrogen) atoms. The van der Waals surface area contributed by atoms with Crippen molar-refractivity contribution < 1.29 is 5.21 Å². The van der Waals surface area contributed by atoms with Crippen molar-refractivity contribution >= 4 is 5.71 Å². The van der Waals surface area contributed by atoms with Gasteiger partial charge in [-0.2, -0.15) is 0 Å². The van der Waals surface area contributed by atoms with Crippen LogP contribution in [0.5, 0.6) is 0 Å². The number of rotatable bonds is 1. The van der Waals surface area contributed by atoms with Crippen LogP contribution in [0.3, 0.4) is 0 Å². The van der Waals surface area contributed by atoms with Crippen molar-refractivity contribution in [3.05, 3.63) is 35.4 Å². The molecule has 1 aromatic rings. The molecule has 0 spiro atoms. The summed E-state index contributed by atoms with van der Waals surface area (Å²) in [6, 6.07) is 8.73. The highest BCUT2D eigenvalue weighted by Crippen LogP contribution is 2.31. The minimum absolute atomic E-state index is 0.649. The molecular weight excluding hydrogens is 186 g/mol. The van der Waals surface area contributed by atoms with Crippen LogP contribution in [0.1, 0.15) is 42.7 Å². The molecule has 0 bridgehead atoms. The lowest BCUT2D eigenvalue weighted by atomic mass is 9.83. The minimum atomic E-state index is 0.649. The Bertz CT molecular complexity index is 361. The van der Waals surface area contributed by atoms with E-state index in [-0.39, 0.29) is 0 Å². The van der Waals surface area contributed by atoms with E-state index in [4.69, 9.17) is 5.21 Å². The lowest BCUT2D eigenvalue weighted by Gasteiger charge is -2.22. The molecule has 1 aromatic carbocycles. The SMILES string of the molecule is Cc1cccc(C2CCC(=NO)CC2)c1. The van der Waals surface area contributed by atoms with Crippen molar-refractivity contribution in [3.63, 3.8) is 0 Å². The summed E-state index contributed by atoms with van der Waals surface area (Å²) in [5.41, 5.74) is 3.72. The third kappa shape index (κ3) is 2.38. The predicted octanol–water partition coefficient (Wildman–Crippen LogP) is 3.48. The first-order valence-electron chi connectivity index (χ1n) is 5.56. The highest BCUT2D eigenvalue weighted by atomic mass is 16.4. The van der Waals surface area contributed by atoms with E-state index in [0.29, 0.717) is 5.92 Å². The fourth-order valence-corrected chi connectivity index (χ4v) is 2.31. The molecule has 0 atom stereocenters. The van der Waals surface area contributed by atoms with Crippen LogP contribution in [0.25, 0.3) is 0 Å². The fraction of sp³-hybridized carbons (Fsp3) is 0.462. The van der Waals surface area contributed by atoms with Gasteiger partial charge in [-0.1, -0.05) is 35.0 Å². The molecule has 0 aromatic heterocycles. The maximum atomic E-state index is 8.68. The van der Waals surface area contributed by atoms with Crippen LogP contribution in [-0.2, 0) is 0 Å². The lowest BCUT2D eigenvalue weighted by Crippen LogP contribution is -2.12. The summed E-state index contributed by atoms with van der Waals surface area (Å²) >= 11 is 0. The molecule has 2 nitrogen and oxygen atoms in total. The van der Waals surface area contributed by atoms with Gasteiger partial charge in [-0.3, -0.25) is 0 Å². The molecule has 80 valence electrons. The van der Waals surface area contributed by atoms with Crippen LogP contribution < -0.4 is 0 Å². The summed E-state index contributed by atoms with van der Waals surface area (Å²) in [7, 11) is 0. The monoisotopic (exact) mass is 203 g/mol. The van der Waals surface area contributed by atoms with Gasteiger partial charge < -0.3 is 5.21 Å². The van der Waals surface area contributed by atoms with Crippen molar-refractivity contribution in [2.45, 2.75) is 38.5 Å². The van der Waals surface area contributed by atoms with E-state index in [1.165, 1.54) is 11.1 Å². The lowest BCUT2D eigenvalue weighted by molar-refractivity contribution is 0.313. The van der Waals surface area contributed by atoms with E-state index in [1.54, 1.807) is 0 Å². The maximum Gasteiger partial charge on any atom is 0.0571 e. The second-order valence-corrected chi connectivity index (χ2v) is 4.35. The molecule has 0 heterocycles. The normalized spacial score (nSPS) is 21.4. The number of hydrogen-bond acceptors (Lipinski definition) is 2. The van der Waals surface area contributed by atoms with Crippen LogP contribution in [-0.4, -0.2) is 10.9 Å². The zero-order valence-electron chi connectivity index (χ0n) is 9.11. The summed E-state index contributed by atoms with van der Waals surface area (Å²) in [4.78, 5) is 0. The summed E-state index contributed by atoms with van der Waals surface area (Å²) in [5, 5.41) is 12.0. The van der Waals surface area contributed by atoms with Gasteiger partial charge in [0.1, 0.15) is 0 Å². The average molecular weight is 203 g/mol. The number of aryl methyl sites for hydroxylation is 1. The van der Waals surface area contributed by atoms with E-state index in [2.05, 4.69) is 36.3 Å². The van der Waals surface area contributed by atoms with Gasteiger partial charge in [0.05, 0.1) is 5.71 Å². The van der Waals surface area contributed by atoms with Crippen LogP contribution in [0.2, 0.25) is 0 Å². The zero-order valence-corrected chi connectivity index (χ0v) is 9.11. The van der Waals surface area contributed by atoms with E-state index in [0.717, 1.165) is 31.4 Å². The molecule has 1 saturated carbocycles. The summed E-state index contributed by atoms with van der Waals surface area (Å²) in [6.45, 7) is 2.13. The number of nitrogens with zero attached hydrogens (tertiary/aromatic N) is 1. The van der Waals surface area contributed by atoms with Gasteiger partial charge in [0, 0.05) is 0 Å². The van der Waals surface area contributed by atoms with E-state index >= 15 is 0 Å². The van der Waals surface area contributed by atoms with Crippen molar-refractivity contribution in [3.8, 4) is 0 Å². The van der Waals surface area contributed by atoms with Crippen molar-refractivity contribution in [1.29, 1.82) is 0 Å². The second-order valence-electron chi connectivity index (χ2n) is 4.35. The molecule has 2 heteroatoms. The summed E-state index contributed by atoms with van der Waals surface area (Å²) < 4.78 is 0. The Kier molecular flexibility index (Phi) is 3.05. The van der Waals surface area contributed by atoms with Crippen LogP contribution in [0, 0.1) is 6.92 Å². The Morgan fingerprint density at radius 3 is 2.60 bits per heavy atom. The Morgan fingerprint density at radius 1 is 1.27 bits per heavy atom. The van der Waals surface area contributed by atoms with Gasteiger partial charge in [-0.25, -0.2) is 0 Å². The third-order valence-corrected chi connectivity index (χ3v) is 3.22. The van der Waals surface area contributed by atoms with E-state index < -0.39 is 0 Å². The molecule has 0 saturated heterocycles. The van der Waals surface area contributed by atoms with Gasteiger partial charge in [-0.05, 0) is 44.1 Å². The Hall–Kier alpha value is -1.31. The zero-order chi connectivity index (χ0) is 10.7. The predicted molar refractivity (Wildman–Crippen MR) is 61.6 cm³/mol. The largest absolute Gasteiger partial charge is 0.411 e. The van der Waals surface area contributed by atoms with Crippen molar-refractivity contribution in [2.75, 3.05) is 0 Å². The molecule has 1 aliphatic carbocycles. The van der Waals surface area contributed by atoms with E-state index in [1.807, 2.05) is 0 Å². The highest BCUT2D eigenvalue weighted by Gasteiger charge is 2.19. The van der Waals surface area contributed by atoms with Gasteiger partial charge in [0.25, 0.3) is 0 Å². The quantitative estimate of drug-likeness (QED) is 0.550. The number of benzene rings is 1. The summed E-state index contributed by atoms with van der Waals surface area (Å²) in [5.74, 6) is 0.649. The standard InChI is InChI=1S/C13H17NO/c1-10-3-2-4-12(9-10)11-5-7-13(14-15)8-6-11/h2-4,9,11,15H,5-8H2,1H3. The van der Waals surface area contributed by atoms with Crippen LogP contribution in [0.4, 0.5) is 0 Å².